The van der Waals surface area contributed by atoms with E-state index in [1.54, 1.807) is 11.1 Å². The van der Waals surface area contributed by atoms with Crippen LogP contribution in [0.4, 0.5) is 0 Å². The number of thiazole rings is 1. The molecule has 0 bridgehead atoms. The topological polar surface area (TPSA) is 62.3 Å². The molecule has 18 heavy (non-hydrogen) atoms. The van der Waals surface area contributed by atoms with E-state index >= 15 is 0 Å². The molecule has 0 spiro atoms. The summed E-state index contributed by atoms with van der Waals surface area (Å²) in [6, 6.07) is 0. The summed E-state index contributed by atoms with van der Waals surface area (Å²) in [7, 11) is 0. The number of carbonyl (C=O) groups excluding carboxylic acids is 2. The Morgan fingerprint density at radius 2 is 2.33 bits per heavy atom. The van der Waals surface area contributed by atoms with E-state index in [2.05, 4.69) is 10.3 Å². The van der Waals surface area contributed by atoms with Crippen LogP contribution in [0.3, 0.4) is 0 Å². The van der Waals surface area contributed by atoms with Crippen LogP contribution in [-0.2, 0) is 16.1 Å². The van der Waals surface area contributed by atoms with E-state index in [-0.39, 0.29) is 18.4 Å². The predicted octanol–water partition coefficient (Wildman–Crippen LogP) is 0.770. The first-order chi connectivity index (χ1) is 8.62. The molecule has 3 rings (SSSR count). The summed E-state index contributed by atoms with van der Waals surface area (Å²) >= 11 is 1.52. The Labute approximate surface area is 109 Å². The molecule has 1 unspecified atom stereocenters. The number of piperazine rings is 1. The van der Waals surface area contributed by atoms with Gasteiger partial charge >= 0.3 is 0 Å². The van der Waals surface area contributed by atoms with E-state index in [1.807, 2.05) is 12.3 Å². The van der Waals surface area contributed by atoms with Crippen molar-refractivity contribution < 1.29 is 9.59 Å². The van der Waals surface area contributed by atoms with Crippen LogP contribution in [0.15, 0.2) is 11.6 Å². The zero-order valence-corrected chi connectivity index (χ0v) is 11.0. The zero-order chi connectivity index (χ0) is 12.8. The van der Waals surface area contributed by atoms with Gasteiger partial charge in [-0.3, -0.25) is 9.59 Å². The first-order valence-corrected chi connectivity index (χ1v) is 6.97. The fourth-order valence-electron chi connectivity index (χ4n) is 2.58. The molecule has 1 saturated carbocycles. The summed E-state index contributed by atoms with van der Waals surface area (Å²) in [6.07, 6.45) is 3.76. The smallest absolute Gasteiger partial charge is 0.246 e. The molecule has 1 N–H and O–H groups in total. The minimum Gasteiger partial charge on any atom is -0.345 e. The second-order valence-corrected chi connectivity index (χ2v) is 5.99. The van der Waals surface area contributed by atoms with Gasteiger partial charge in [-0.25, -0.2) is 4.98 Å². The predicted molar refractivity (Wildman–Crippen MR) is 66.8 cm³/mol. The van der Waals surface area contributed by atoms with Crippen molar-refractivity contribution in [3.8, 4) is 0 Å². The summed E-state index contributed by atoms with van der Waals surface area (Å²) in [6.45, 7) is 2.42. The average Bonchev–Trinajstić information content (AvgIpc) is 3.09. The number of hydrogen-bond donors (Lipinski definition) is 1. The number of nitrogens with zero attached hydrogens (tertiary/aromatic N) is 2. The summed E-state index contributed by atoms with van der Waals surface area (Å²) in [4.78, 5) is 30.2. The van der Waals surface area contributed by atoms with Crippen molar-refractivity contribution in [2.75, 3.05) is 6.54 Å². The number of aromatic nitrogens is 1. The number of rotatable bonds is 3. The Morgan fingerprint density at radius 3 is 2.94 bits per heavy atom. The normalized spacial score (nSPS) is 28.4. The Morgan fingerprint density at radius 1 is 1.56 bits per heavy atom. The van der Waals surface area contributed by atoms with Crippen LogP contribution in [0, 0.1) is 5.92 Å². The summed E-state index contributed by atoms with van der Waals surface area (Å²) in [5.41, 5.74) is -0.693. The molecule has 2 amide bonds. The van der Waals surface area contributed by atoms with Gasteiger partial charge in [0.05, 0.1) is 13.1 Å². The molecule has 1 saturated heterocycles. The molecule has 0 radical (unpaired) electrons. The van der Waals surface area contributed by atoms with E-state index in [9.17, 15) is 9.59 Å². The van der Waals surface area contributed by atoms with Crippen LogP contribution in [0.25, 0.3) is 0 Å². The fraction of sp³-hybridized carbons (Fsp3) is 0.583. The molecular weight excluding hydrogens is 250 g/mol. The van der Waals surface area contributed by atoms with Crippen molar-refractivity contribution in [1.82, 2.24) is 15.2 Å². The second kappa shape index (κ2) is 4.05. The largest absolute Gasteiger partial charge is 0.345 e. The highest BCUT2D eigenvalue weighted by Crippen LogP contribution is 2.44. The Kier molecular flexibility index (Phi) is 2.62. The van der Waals surface area contributed by atoms with E-state index in [4.69, 9.17) is 0 Å². The van der Waals surface area contributed by atoms with Gasteiger partial charge in [-0.2, -0.15) is 0 Å². The Hall–Kier alpha value is -1.43. The maximum Gasteiger partial charge on any atom is 0.246 e. The molecule has 1 aliphatic carbocycles. The lowest BCUT2D eigenvalue weighted by atomic mass is 9.90. The quantitative estimate of drug-likeness (QED) is 0.878. The molecule has 1 aromatic rings. The lowest BCUT2D eigenvalue weighted by molar-refractivity contribution is -0.155. The van der Waals surface area contributed by atoms with Gasteiger partial charge in [-0.05, 0) is 25.7 Å². The second-order valence-electron chi connectivity index (χ2n) is 5.01. The maximum absolute atomic E-state index is 12.2. The number of hydrogen-bond acceptors (Lipinski definition) is 4. The highest BCUT2D eigenvalue weighted by atomic mass is 32.1. The van der Waals surface area contributed by atoms with Gasteiger partial charge in [0.1, 0.15) is 10.5 Å². The lowest BCUT2D eigenvalue weighted by Crippen LogP contribution is -2.66. The van der Waals surface area contributed by atoms with Gasteiger partial charge in [-0.15, -0.1) is 11.3 Å². The molecule has 96 valence electrons. The van der Waals surface area contributed by atoms with Crippen molar-refractivity contribution >= 4 is 23.2 Å². The van der Waals surface area contributed by atoms with Crippen LogP contribution in [0.1, 0.15) is 24.8 Å². The van der Waals surface area contributed by atoms with Crippen molar-refractivity contribution in [2.24, 2.45) is 5.92 Å². The van der Waals surface area contributed by atoms with E-state index in [1.165, 1.54) is 11.3 Å². The highest BCUT2D eigenvalue weighted by Gasteiger charge is 2.54. The van der Waals surface area contributed by atoms with Crippen molar-refractivity contribution in [1.29, 1.82) is 0 Å². The van der Waals surface area contributed by atoms with Crippen LogP contribution >= 0.6 is 11.3 Å². The van der Waals surface area contributed by atoms with Crippen LogP contribution in [0.2, 0.25) is 0 Å². The molecule has 2 fully saturated rings. The Balaban J connectivity index is 1.91. The molecular formula is C12H15N3O2S. The first-order valence-electron chi connectivity index (χ1n) is 6.09. The standard InChI is InChI=1S/C12H15N3O2S/c1-12(8-2-3-8)11(17)14-6-10(16)15(12)7-9-13-4-5-18-9/h4-5,8H,2-3,6-7H2,1H3,(H,14,17). The third kappa shape index (κ3) is 1.71. The van der Waals surface area contributed by atoms with Crippen LogP contribution in [0.5, 0.6) is 0 Å². The van der Waals surface area contributed by atoms with Crippen molar-refractivity contribution in [3.63, 3.8) is 0 Å². The number of carbonyl (C=O) groups is 2. The van der Waals surface area contributed by atoms with E-state index in [0.29, 0.717) is 12.5 Å². The molecule has 1 aliphatic heterocycles. The number of amides is 2. The third-order valence-electron chi connectivity index (χ3n) is 3.87. The molecule has 2 aliphatic rings. The van der Waals surface area contributed by atoms with E-state index < -0.39 is 5.54 Å². The van der Waals surface area contributed by atoms with Gasteiger partial charge < -0.3 is 10.2 Å². The molecule has 0 aromatic carbocycles. The number of nitrogens with one attached hydrogen (secondary N) is 1. The minimum atomic E-state index is -0.693. The average molecular weight is 265 g/mol. The summed E-state index contributed by atoms with van der Waals surface area (Å²) in [5, 5.41) is 5.47. The molecule has 1 aromatic heterocycles. The fourth-order valence-corrected chi connectivity index (χ4v) is 3.19. The van der Waals surface area contributed by atoms with Gasteiger partial charge in [0.25, 0.3) is 0 Å². The lowest BCUT2D eigenvalue weighted by Gasteiger charge is -2.43. The maximum atomic E-state index is 12.2. The van der Waals surface area contributed by atoms with Crippen LogP contribution < -0.4 is 5.32 Å². The Bertz CT molecular complexity index is 484. The SMILES string of the molecule is CC1(C2CC2)C(=O)NCC(=O)N1Cc1nccs1. The van der Waals surface area contributed by atoms with Crippen molar-refractivity contribution in [2.45, 2.75) is 31.8 Å². The van der Waals surface area contributed by atoms with Gasteiger partial charge in [0.2, 0.25) is 11.8 Å². The highest BCUT2D eigenvalue weighted by molar-refractivity contribution is 7.09. The summed E-state index contributed by atoms with van der Waals surface area (Å²) < 4.78 is 0. The minimum absolute atomic E-state index is 0.0146. The zero-order valence-electron chi connectivity index (χ0n) is 10.2. The van der Waals surface area contributed by atoms with Crippen LogP contribution in [-0.4, -0.2) is 33.8 Å². The molecule has 2 heterocycles. The molecule has 1 atom stereocenters. The third-order valence-corrected chi connectivity index (χ3v) is 4.64. The van der Waals surface area contributed by atoms with Gasteiger partial charge in [0.15, 0.2) is 0 Å². The monoisotopic (exact) mass is 265 g/mol. The first kappa shape index (κ1) is 11.6. The molecule has 6 heteroatoms. The van der Waals surface area contributed by atoms with Gasteiger partial charge in [-0.1, -0.05) is 0 Å². The van der Waals surface area contributed by atoms with Gasteiger partial charge in [0, 0.05) is 11.6 Å². The van der Waals surface area contributed by atoms with E-state index in [0.717, 1.165) is 17.8 Å². The van der Waals surface area contributed by atoms with Crippen molar-refractivity contribution in [3.05, 3.63) is 16.6 Å². The molecule has 5 nitrogen and oxygen atoms in total. The summed E-state index contributed by atoms with van der Waals surface area (Å²) in [5.74, 6) is 0.252.